The minimum Gasteiger partial charge on any atom is -0.457 e. The molecule has 0 aromatic heterocycles. The summed E-state index contributed by atoms with van der Waals surface area (Å²) < 4.78 is 250. The number of hydrogen-bond donors (Lipinski definition) is 7. The van der Waals surface area contributed by atoms with Crippen LogP contribution in [0.3, 0.4) is 0 Å². The predicted octanol–water partition coefficient (Wildman–Crippen LogP) is 21.4. The van der Waals surface area contributed by atoms with Gasteiger partial charge in [0.1, 0.15) is 60.7 Å². The highest BCUT2D eigenvalue weighted by atomic mass is 32.2. The van der Waals surface area contributed by atoms with Crippen molar-refractivity contribution in [3.8, 4) is 90.5 Å². The first-order valence-corrected chi connectivity index (χ1v) is 49.3. The molecule has 0 unspecified atom stereocenters. The summed E-state index contributed by atoms with van der Waals surface area (Å²) in [4.78, 5) is 66.8. The van der Waals surface area contributed by atoms with E-state index in [0.717, 1.165) is 113 Å². The lowest BCUT2D eigenvalue weighted by Gasteiger charge is -2.35. The highest BCUT2D eigenvalue weighted by molar-refractivity contribution is 7.87. The van der Waals surface area contributed by atoms with Crippen LogP contribution in [0, 0.1) is 0 Å². The second kappa shape index (κ2) is 32.8. The average Bonchev–Trinajstić information content (AvgIpc) is 0.667. The molecule has 0 saturated carbocycles. The first-order valence-electron chi connectivity index (χ1n) is 40.2. The van der Waals surface area contributed by atoms with E-state index in [4.69, 9.17) is 18.9 Å². The van der Waals surface area contributed by atoms with E-state index in [0.29, 0.717) is 38.3 Å². The Bertz CT molecular complexity index is 8000. The summed E-state index contributed by atoms with van der Waals surface area (Å²) in [7, 11) is -30.2. The zero-order valence-electron chi connectivity index (χ0n) is 70.0. The van der Waals surface area contributed by atoms with E-state index in [1.807, 2.05) is 55.4 Å². The number of nitrogens with zero attached hydrogens (tertiary/aromatic N) is 2. The van der Waals surface area contributed by atoms with Gasteiger partial charge in [-0.15, -0.1) is 12.6 Å². The molecule has 6 N–H and O–H groups in total. The van der Waals surface area contributed by atoms with Crippen LogP contribution >= 0.6 is 12.6 Å². The van der Waals surface area contributed by atoms with Crippen molar-refractivity contribution in [1.82, 2.24) is 0 Å². The highest BCUT2D eigenvalue weighted by Gasteiger charge is 2.45. The Hall–Kier alpha value is -13.1. The van der Waals surface area contributed by atoms with Crippen LogP contribution in [0.1, 0.15) is 143 Å². The van der Waals surface area contributed by atoms with Gasteiger partial charge in [0.05, 0.1) is 48.3 Å². The summed E-state index contributed by atoms with van der Waals surface area (Å²) in [5, 5.41) is -1.62. The molecule has 131 heavy (non-hydrogen) atoms. The number of anilines is 2. The number of imide groups is 2. The molecule has 0 spiro atoms. The third kappa shape index (κ3) is 16.3. The monoisotopic (exact) mass is 1890 g/mol. The molecule has 15 aromatic rings. The maximum absolute atomic E-state index is 17.1. The Labute approximate surface area is 756 Å². The van der Waals surface area contributed by atoms with Crippen molar-refractivity contribution in [2.45, 2.75) is 113 Å². The van der Waals surface area contributed by atoms with Gasteiger partial charge in [-0.2, -0.15) is 50.5 Å². The first kappa shape index (κ1) is 89.9. The Morgan fingerprint density at radius 1 is 0.252 bits per heavy atom. The van der Waals surface area contributed by atoms with Crippen LogP contribution in [-0.2, 0) is 60.7 Å². The lowest BCUT2D eigenvalue weighted by molar-refractivity contribution is 0.0877. The zero-order chi connectivity index (χ0) is 93.9. The number of ether oxygens (including phenoxy) is 4. The van der Waals surface area contributed by atoms with Crippen molar-refractivity contribution in [1.29, 1.82) is 0 Å². The van der Waals surface area contributed by atoms with E-state index < -0.39 is 149 Å². The topological polar surface area (TPSA) is 438 Å². The molecule has 35 heteroatoms. The lowest BCUT2D eigenvalue weighted by atomic mass is 9.80. The molecule has 0 atom stereocenters. The maximum Gasteiger partial charge on any atom is 0.295 e. The predicted molar refractivity (Wildman–Crippen MR) is 493 cm³/mol. The number of thiol groups is 1. The molecule has 0 aliphatic carbocycles. The van der Waals surface area contributed by atoms with Crippen LogP contribution in [0.4, 0.5) is 11.4 Å². The second-order valence-electron chi connectivity index (χ2n) is 32.6. The van der Waals surface area contributed by atoms with E-state index in [-0.39, 0.29) is 145 Å². The largest absolute Gasteiger partial charge is 0.457 e. The lowest BCUT2D eigenvalue weighted by Crippen LogP contribution is -2.42. The van der Waals surface area contributed by atoms with E-state index in [1.165, 1.54) is 72.8 Å². The molecule has 0 fully saturated rings. The van der Waals surface area contributed by atoms with Crippen LogP contribution in [-0.4, -0.2) is 101 Å². The van der Waals surface area contributed by atoms with Crippen molar-refractivity contribution in [2.75, 3.05) is 9.80 Å². The number of hydrogen-bond acceptors (Lipinski definition) is 21. The number of rotatable bonds is 24. The molecule has 0 radical (unpaired) electrons. The summed E-state index contributed by atoms with van der Waals surface area (Å²) in [5.41, 5.74) is 1.08. The van der Waals surface area contributed by atoms with Gasteiger partial charge in [-0.3, -0.25) is 46.5 Å². The maximum atomic E-state index is 17.1. The van der Waals surface area contributed by atoms with Gasteiger partial charge in [0.25, 0.3) is 84.3 Å². The molecule has 2 heterocycles. The van der Waals surface area contributed by atoms with Gasteiger partial charge in [0, 0.05) is 64.7 Å². The van der Waals surface area contributed by atoms with E-state index >= 15 is 19.2 Å². The third-order valence-corrected chi connectivity index (χ3v) is 28.7. The molecule has 28 nitrogen and oxygen atoms in total. The second-order valence-corrected chi connectivity index (χ2v) is 41.6. The number of benzene rings is 15. The summed E-state index contributed by atoms with van der Waals surface area (Å²) in [6.07, 6.45) is 0. The quantitative estimate of drug-likeness (QED) is 0.00971. The molecular weight excluding hydrogens is 1820 g/mol. The standard InChI is InChI=1S/C96H74N2O26S7/c1-48(2)65-14-10-15-66(49(3)4)91(65)97-93(99)72-44-76(121-57-13-9-12-56(40-57)52-20-31-62(32-21-52)126(103,104)105)85-86-77(122-58-26-37-80(129(112,113)114)69(41-58)53-18-29-61(125)30-19-53)45-74-84-75(96(102)98(95(74)101)92-67(50(5)6)16-11-17-68(92)51(7)8)47-79(124-60-28-39-82(131(118,119)120)71(43-60)55-24-35-64(36-25-55)128(109,110)111)88(90(84)86)87-78(46-73(94(97)100)83(72)89(85)87)123-59-27-38-81(130(115,116)117)70(42-59)54-22-33-63(34-23-54)127(106,107)108/h9-51,125H,1-8H3,(H,103,104,105)(H,106,107,108)(H,109,110,111)(H,112,113,114)(H,115,116,117)(H,118,119,120). The van der Waals surface area contributed by atoms with Gasteiger partial charge in [0.2, 0.25) is 0 Å². The fraction of sp³-hybridized carbons (Fsp3) is 0.125. The number of amides is 4. The van der Waals surface area contributed by atoms with Gasteiger partial charge < -0.3 is 18.9 Å². The normalized spacial score (nSPS) is 13.5. The molecule has 666 valence electrons. The number of fused-ring (bicyclic) bond motifs is 2. The smallest absolute Gasteiger partial charge is 0.295 e. The number of carbonyl (C=O) groups is 4. The van der Waals surface area contributed by atoms with E-state index in [1.54, 1.807) is 60.7 Å². The van der Waals surface area contributed by atoms with Crippen LogP contribution in [0.5, 0.6) is 46.0 Å². The molecule has 15 aromatic carbocycles. The summed E-state index contributed by atoms with van der Waals surface area (Å²) in [5.74, 6) is -8.08. The molecular formula is C96H74N2O26S7. The molecule has 0 bridgehead atoms. The number of carbonyl (C=O) groups excluding carboxylic acids is 4. The molecule has 2 aliphatic heterocycles. The van der Waals surface area contributed by atoms with Crippen LogP contribution in [0.15, 0.2) is 271 Å². The third-order valence-electron chi connectivity index (χ3n) is 23.1. The molecule has 4 amide bonds. The van der Waals surface area contributed by atoms with E-state index in [9.17, 15) is 77.8 Å². The minimum atomic E-state index is -5.28. The Balaban J connectivity index is 1.10. The average molecular weight is 1900 g/mol. The fourth-order valence-corrected chi connectivity index (χ4v) is 20.8. The Morgan fingerprint density at radius 2 is 0.504 bits per heavy atom. The van der Waals surface area contributed by atoms with Crippen LogP contribution in [0.25, 0.3) is 87.6 Å². The van der Waals surface area contributed by atoms with Crippen molar-refractivity contribution in [3.63, 3.8) is 0 Å². The minimum absolute atomic E-state index is 0.0434. The van der Waals surface area contributed by atoms with Crippen LogP contribution in [0.2, 0.25) is 0 Å². The summed E-state index contributed by atoms with van der Waals surface area (Å²) in [6.45, 7) is 14.8. The van der Waals surface area contributed by atoms with Crippen LogP contribution < -0.4 is 28.7 Å². The van der Waals surface area contributed by atoms with Crippen molar-refractivity contribution >= 4 is 151 Å². The Kier molecular flexibility index (Phi) is 22.5. The summed E-state index contributed by atoms with van der Waals surface area (Å²) >= 11 is 4.48. The van der Waals surface area contributed by atoms with Gasteiger partial charge in [-0.25, -0.2) is 9.80 Å². The van der Waals surface area contributed by atoms with Crippen molar-refractivity contribution in [3.05, 3.63) is 281 Å². The molecule has 2 aliphatic rings. The molecule has 0 saturated heterocycles. The Morgan fingerprint density at radius 3 is 0.763 bits per heavy atom. The van der Waals surface area contributed by atoms with Crippen molar-refractivity contribution in [2.24, 2.45) is 0 Å². The van der Waals surface area contributed by atoms with Crippen molar-refractivity contribution < 1.29 is 116 Å². The van der Waals surface area contributed by atoms with Gasteiger partial charge >= 0.3 is 0 Å². The van der Waals surface area contributed by atoms with Gasteiger partial charge in [-0.1, -0.05) is 152 Å². The molecule has 17 rings (SSSR count). The summed E-state index contributed by atoms with van der Waals surface area (Å²) in [6, 6.07) is 51.6. The zero-order valence-corrected chi connectivity index (χ0v) is 75.8. The SMILES string of the molecule is CC(C)c1cccc(C(C)C)c1N1C(=O)c2cc(Oc3cccc(-c4ccc(S(=O)(=O)O)cc4)c3)c3c4c(Oc5ccc(S(=O)(=O)O)c(-c6ccc(S)cc6)c5)cc5c6c(cc(Oc7ccc(S(=O)(=O)O)c(-c8ccc(S(=O)(=O)O)cc8)c7)c(c7c(Oc8ccc(S(=O)(=O)O)c(-c9ccc(S(=O)(=O)O)cc9)c8)cc(c2c37)C1=O)c64)C(=O)N(c1c(C(C)C)cccc1C(C)C)C5=O. The fourth-order valence-electron chi connectivity index (χ4n) is 17.2. The number of para-hydroxylation sites is 2. The highest BCUT2D eigenvalue weighted by Crippen LogP contribution is 2.60. The first-order chi connectivity index (χ1) is 61.6. The van der Waals surface area contributed by atoms with Gasteiger partial charge in [-0.05, 0) is 213 Å². The van der Waals surface area contributed by atoms with E-state index in [2.05, 4.69) is 12.6 Å². The van der Waals surface area contributed by atoms with Gasteiger partial charge in [0.15, 0.2) is 0 Å².